The van der Waals surface area contributed by atoms with Gasteiger partial charge in [-0.05, 0) is 37.1 Å². The molecule has 0 radical (unpaired) electrons. The van der Waals surface area contributed by atoms with E-state index in [4.69, 9.17) is 21.7 Å². The van der Waals surface area contributed by atoms with Crippen molar-refractivity contribution in [1.82, 2.24) is 5.32 Å². The van der Waals surface area contributed by atoms with Gasteiger partial charge in [0.15, 0.2) is 0 Å². The number of hydrogen-bond donors (Lipinski definition) is 5. The molecular formula is C15H25N3O4. The quantitative estimate of drug-likeness (QED) is 0.483. The lowest BCUT2D eigenvalue weighted by Crippen LogP contribution is -2.38. The van der Waals surface area contributed by atoms with E-state index in [0.717, 1.165) is 5.56 Å². The summed E-state index contributed by atoms with van der Waals surface area (Å²) in [6.45, 7) is 3.74. The van der Waals surface area contributed by atoms with Crippen molar-refractivity contribution >= 4 is 17.6 Å². The fraction of sp³-hybridized carbons (Fsp3) is 0.467. The summed E-state index contributed by atoms with van der Waals surface area (Å²) >= 11 is 0. The highest BCUT2D eigenvalue weighted by Gasteiger charge is 2.17. The van der Waals surface area contributed by atoms with Gasteiger partial charge in [-0.2, -0.15) is 0 Å². The van der Waals surface area contributed by atoms with E-state index in [9.17, 15) is 9.59 Å². The number of anilines is 1. The van der Waals surface area contributed by atoms with Crippen molar-refractivity contribution in [3.05, 3.63) is 29.8 Å². The van der Waals surface area contributed by atoms with Crippen LogP contribution >= 0.6 is 0 Å². The number of likely N-dealkylation sites (N-methyl/N-ethyl adjacent to an activating group) is 1. The van der Waals surface area contributed by atoms with Crippen molar-refractivity contribution in [2.45, 2.75) is 32.4 Å². The summed E-state index contributed by atoms with van der Waals surface area (Å²) in [4.78, 5) is 20.7. The lowest BCUT2D eigenvalue weighted by atomic mass is 10.1. The third-order valence-corrected chi connectivity index (χ3v) is 3.00. The van der Waals surface area contributed by atoms with Crippen LogP contribution in [0.4, 0.5) is 5.69 Å². The number of carboxylic acid groups (broad SMARTS) is 2. The SMILES string of the molecule is CNC(C(=O)O)C(C)C.Nc1ccc(CC(N)C(=O)O)cc1. The summed E-state index contributed by atoms with van der Waals surface area (Å²) in [5.74, 6) is -1.63. The van der Waals surface area contributed by atoms with Crippen LogP contribution in [0.3, 0.4) is 0 Å². The molecule has 0 amide bonds. The number of nitrogens with one attached hydrogen (secondary N) is 1. The average Bonchev–Trinajstić information content (AvgIpc) is 2.41. The Bertz CT molecular complexity index is 474. The first-order valence-electron chi connectivity index (χ1n) is 6.91. The maximum atomic E-state index is 10.4. The topological polar surface area (TPSA) is 139 Å². The van der Waals surface area contributed by atoms with Gasteiger partial charge in [0.2, 0.25) is 0 Å². The van der Waals surface area contributed by atoms with Crippen LogP contribution in [-0.4, -0.2) is 41.3 Å². The van der Waals surface area contributed by atoms with Crippen LogP contribution in [0.25, 0.3) is 0 Å². The molecule has 1 aromatic rings. The predicted molar refractivity (Wildman–Crippen MR) is 85.5 cm³/mol. The monoisotopic (exact) mass is 311 g/mol. The van der Waals surface area contributed by atoms with Gasteiger partial charge in [0.25, 0.3) is 0 Å². The molecule has 2 unspecified atom stereocenters. The molecule has 1 aromatic carbocycles. The van der Waals surface area contributed by atoms with Crippen LogP contribution in [0, 0.1) is 5.92 Å². The number of nitrogens with two attached hydrogens (primary N) is 2. The summed E-state index contributed by atoms with van der Waals surface area (Å²) in [6.07, 6.45) is 0.329. The molecule has 7 nitrogen and oxygen atoms in total. The van der Waals surface area contributed by atoms with E-state index in [1.807, 2.05) is 13.8 Å². The van der Waals surface area contributed by atoms with E-state index in [2.05, 4.69) is 5.32 Å². The molecule has 2 atom stereocenters. The van der Waals surface area contributed by atoms with E-state index < -0.39 is 24.0 Å². The molecule has 7 heteroatoms. The highest BCUT2D eigenvalue weighted by atomic mass is 16.4. The molecule has 22 heavy (non-hydrogen) atoms. The van der Waals surface area contributed by atoms with Crippen molar-refractivity contribution in [2.75, 3.05) is 12.8 Å². The second-order valence-corrected chi connectivity index (χ2v) is 5.24. The van der Waals surface area contributed by atoms with Gasteiger partial charge in [-0.3, -0.25) is 9.59 Å². The predicted octanol–water partition coefficient (Wildman–Crippen LogP) is 0.538. The Morgan fingerprint density at radius 2 is 1.64 bits per heavy atom. The molecule has 0 aromatic heterocycles. The Hall–Kier alpha value is -2.12. The van der Waals surface area contributed by atoms with E-state index in [1.165, 1.54) is 0 Å². The van der Waals surface area contributed by atoms with Gasteiger partial charge < -0.3 is 27.0 Å². The largest absolute Gasteiger partial charge is 0.480 e. The highest BCUT2D eigenvalue weighted by molar-refractivity contribution is 5.74. The smallest absolute Gasteiger partial charge is 0.320 e. The molecule has 0 heterocycles. The fourth-order valence-corrected chi connectivity index (χ4v) is 1.74. The normalized spacial score (nSPS) is 13.0. The summed E-state index contributed by atoms with van der Waals surface area (Å²) in [7, 11) is 1.65. The third kappa shape index (κ3) is 7.61. The minimum atomic E-state index is -0.989. The minimum Gasteiger partial charge on any atom is -0.480 e. The summed E-state index contributed by atoms with van der Waals surface area (Å²) in [5, 5.41) is 19.7. The number of rotatable bonds is 6. The first kappa shape index (κ1) is 19.9. The maximum Gasteiger partial charge on any atom is 0.320 e. The Balaban J connectivity index is 0.000000433. The lowest BCUT2D eigenvalue weighted by Gasteiger charge is -2.13. The van der Waals surface area contributed by atoms with Crippen LogP contribution in [-0.2, 0) is 16.0 Å². The molecule has 0 aliphatic heterocycles. The lowest BCUT2D eigenvalue weighted by molar-refractivity contribution is -0.140. The molecule has 0 fully saturated rings. The van der Waals surface area contributed by atoms with Crippen molar-refractivity contribution in [1.29, 1.82) is 0 Å². The number of nitrogen functional groups attached to an aromatic ring is 1. The number of carboxylic acids is 2. The third-order valence-electron chi connectivity index (χ3n) is 3.00. The van der Waals surface area contributed by atoms with Crippen LogP contribution in [0.15, 0.2) is 24.3 Å². The Kier molecular flexibility index (Phi) is 8.81. The first-order chi connectivity index (χ1) is 10.2. The second-order valence-electron chi connectivity index (χ2n) is 5.24. The zero-order valence-corrected chi connectivity index (χ0v) is 13.1. The number of aliphatic carboxylic acids is 2. The molecular weight excluding hydrogens is 286 g/mol. The van der Waals surface area contributed by atoms with Gasteiger partial charge in [0.1, 0.15) is 12.1 Å². The fourth-order valence-electron chi connectivity index (χ4n) is 1.74. The minimum absolute atomic E-state index is 0.146. The molecule has 1 rings (SSSR count). The molecule has 0 aliphatic carbocycles. The molecule has 0 spiro atoms. The van der Waals surface area contributed by atoms with E-state index in [1.54, 1.807) is 31.3 Å². The van der Waals surface area contributed by atoms with Crippen molar-refractivity contribution < 1.29 is 19.8 Å². The summed E-state index contributed by atoms with van der Waals surface area (Å²) < 4.78 is 0. The van der Waals surface area contributed by atoms with Gasteiger partial charge in [-0.25, -0.2) is 0 Å². The zero-order chi connectivity index (χ0) is 17.3. The summed E-state index contributed by atoms with van der Waals surface area (Å²) in [5.41, 5.74) is 12.4. The van der Waals surface area contributed by atoms with E-state index in [0.29, 0.717) is 12.1 Å². The Morgan fingerprint density at radius 1 is 1.14 bits per heavy atom. The van der Waals surface area contributed by atoms with Crippen molar-refractivity contribution in [2.24, 2.45) is 11.7 Å². The van der Waals surface area contributed by atoms with Crippen molar-refractivity contribution in [3.63, 3.8) is 0 Å². The standard InChI is InChI=1S/C9H12N2O2.C6H13NO2/c10-7-3-1-6(2-4-7)5-8(11)9(12)13;1-4(2)5(7-3)6(8)9/h1-4,8H,5,10-11H2,(H,12,13);4-5,7H,1-3H3,(H,8,9). The molecule has 0 saturated carbocycles. The molecule has 0 bridgehead atoms. The van der Waals surface area contributed by atoms with Gasteiger partial charge in [0.05, 0.1) is 0 Å². The second kappa shape index (κ2) is 9.75. The zero-order valence-electron chi connectivity index (χ0n) is 13.1. The van der Waals surface area contributed by atoms with Gasteiger partial charge in [-0.15, -0.1) is 0 Å². The van der Waals surface area contributed by atoms with Crippen LogP contribution in [0.1, 0.15) is 19.4 Å². The molecule has 7 N–H and O–H groups in total. The summed E-state index contributed by atoms with van der Waals surface area (Å²) in [6, 6.07) is 5.75. The number of hydrogen-bond acceptors (Lipinski definition) is 5. The molecule has 0 saturated heterocycles. The Labute approximate surface area is 130 Å². The number of benzene rings is 1. The average molecular weight is 311 g/mol. The highest BCUT2D eigenvalue weighted by Crippen LogP contribution is 2.07. The first-order valence-corrected chi connectivity index (χ1v) is 6.91. The Morgan fingerprint density at radius 3 is 1.91 bits per heavy atom. The van der Waals surface area contributed by atoms with Crippen molar-refractivity contribution in [3.8, 4) is 0 Å². The van der Waals surface area contributed by atoms with E-state index >= 15 is 0 Å². The maximum absolute atomic E-state index is 10.4. The van der Waals surface area contributed by atoms with Gasteiger partial charge in [0, 0.05) is 5.69 Å². The van der Waals surface area contributed by atoms with E-state index in [-0.39, 0.29) is 5.92 Å². The van der Waals surface area contributed by atoms with Crippen LogP contribution in [0.2, 0.25) is 0 Å². The van der Waals surface area contributed by atoms with Gasteiger partial charge in [-0.1, -0.05) is 26.0 Å². The number of carbonyl (C=O) groups is 2. The van der Waals surface area contributed by atoms with Gasteiger partial charge >= 0.3 is 11.9 Å². The molecule has 124 valence electrons. The van der Waals surface area contributed by atoms with Crippen LogP contribution < -0.4 is 16.8 Å². The van der Waals surface area contributed by atoms with Crippen LogP contribution in [0.5, 0.6) is 0 Å². The molecule has 0 aliphatic rings.